The highest BCUT2D eigenvalue weighted by molar-refractivity contribution is 5.98. The van der Waals surface area contributed by atoms with Crippen LogP contribution in [0.1, 0.15) is 41.5 Å². The molecule has 0 aliphatic rings. The molecule has 0 unspecified atom stereocenters. The van der Waals surface area contributed by atoms with Crippen LogP contribution in [0.2, 0.25) is 0 Å². The lowest BCUT2D eigenvalue weighted by atomic mass is 10.1. The fraction of sp³-hybridized carbons (Fsp3) is 0.421. The first-order chi connectivity index (χ1) is 12.9. The highest BCUT2D eigenvalue weighted by atomic mass is 16.8. The maximum Gasteiger partial charge on any atom is 0.535 e. The molecule has 0 saturated heterocycles. The van der Waals surface area contributed by atoms with Gasteiger partial charge in [-0.1, -0.05) is 10.3 Å². The summed E-state index contributed by atoms with van der Waals surface area (Å²) in [6.45, 7) is 8.16. The Morgan fingerprint density at radius 1 is 1.22 bits per heavy atom. The van der Waals surface area contributed by atoms with Crippen LogP contribution in [0.25, 0.3) is 0 Å². The number of oxime groups is 1. The second-order valence-electron chi connectivity index (χ2n) is 6.08. The predicted molar refractivity (Wildman–Crippen MR) is 99.8 cm³/mol. The van der Waals surface area contributed by atoms with Crippen LogP contribution < -0.4 is 10.5 Å². The van der Waals surface area contributed by atoms with Crippen LogP contribution in [0.4, 0.5) is 4.79 Å². The predicted octanol–water partition coefficient (Wildman–Crippen LogP) is 3.40. The number of nitrogens with zero attached hydrogens (tertiary/aromatic N) is 2. The van der Waals surface area contributed by atoms with Gasteiger partial charge in [0.25, 0.3) is 0 Å². The number of rotatable bonds is 8. The molecular formula is C19H25N3O5. The molecule has 0 atom stereocenters. The number of hydrogen-bond donors (Lipinski definition) is 1. The van der Waals surface area contributed by atoms with Crippen LogP contribution in [-0.4, -0.2) is 30.4 Å². The zero-order valence-electron chi connectivity index (χ0n) is 16.1. The van der Waals surface area contributed by atoms with Gasteiger partial charge in [0.15, 0.2) is 5.84 Å². The van der Waals surface area contributed by atoms with Crippen molar-refractivity contribution in [1.82, 2.24) is 5.16 Å². The molecule has 0 saturated carbocycles. The van der Waals surface area contributed by atoms with Crippen molar-refractivity contribution in [3.8, 4) is 5.75 Å². The topological polar surface area (TPSA) is 109 Å². The minimum Gasteiger partial charge on any atom is -0.493 e. The molecule has 0 aliphatic heterocycles. The van der Waals surface area contributed by atoms with Gasteiger partial charge in [-0.05, 0) is 57.4 Å². The third kappa shape index (κ3) is 6.02. The molecule has 0 amide bonds. The zero-order valence-corrected chi connectivity index (χ0v) is 16.1. The molecule has 0 bridgehead atoms. The van der Waals surface area contributed by atoms with Crippen molar-refractivity contribution in [2.75, 3.05) is 13.2 Å². The third-order valence-corrected chi connectivity index (χ3v) is 3.73. The fourth-order valence-corrected chi connectivity index (χ4v) is 2.56. The van der Waals surface area contributed by atoms with E-state index in [1.807, 2.05) is 39.0 Å². The minimum absolute atomic E-state index is 0.0847. The number of aromatic nitrogens is 1. The van der Waals surface area contributed by atoms with Gasteiger partial charge in [-0.3, -0.25) is 4.84 Å². The molecule has 2 rings (SSSR count). The van der Waals surface area contributed by atoms with Crippen molar-refractivity contribution in [2.24, 2.45) is 10.9 Å². The lowest BCUT2D eigenvalue weighted by Gasteiger charge is -2.13. The first-order valence-corrected chi connectivity index (χ1v) is 8.74. The number of aryl methyl sites for hydroxylation is 4. The van der Waals surface area contributed by atoms with Crippen LogP contribution in [0.15, 0.2) is 27.9 Å². The van der Waals surface area contributed by atoms with Gasteiger partial charge in [0.1, 0.15) is 11.5 Å². The lowest BCUT2D eigenvalue weighted by molar-refractivity contribution is 0.0613. The van der Waals surface area contributed by atoms with Gasteiger partial charge in [-0.15, -0.1) is 0 Å². The summed E-state index contributed by atoms with van der Waals surface area (Å²) < 4.78 is 15.7. The first kappa shape index (κ1) is 20.3. The van der Waals surface area contributed by atoms with E-state index in [0.29, 0.717) is 12.2 Å². The summed E-state index contributed by atoms with van der Waals surface area (Å²) in [6, 6.07) is 5.58. The Hall–Kier alpha value is -3.03. The number of benzene rings is 1. The van der Waals surface area contributed by atoms with Crippen molar-refractivity contribution in [2.45, 2.75) is 40.5 Å². The Morgan fingerprint density at radius 2 is 1.93 bits per heavy atom. The Bertz CT molecular complexity index is 790. The Morgan fingerprint density at radius 3 is 2.52 bits per heavy atom. The lowest BCUT2D eigenvalue weighted by Crippen LogP contribution is -2.16. The summed E-state index contributed by atoms with van der Waals surface area (Å²) in [5, 5.41) is 7.46. The van der Waals surface area contributed by atoms with Gasteiger partial charge in [0.2, 0.25) is 0 Å². The van der Waals surface area contributed by atoms with E-state index in [4.69, 9.17) is 15.0 Å². The van der Waals surface area contributed by atoms with Crippen molar-refractivity contribution in [3.63, 3.8) is 0 Å². The van der Waals surface area contributed by atoms with Crippen LogP contribution in [0, 0.1) is 20.8 Å². The Kier molecular flexibility index (Phi) is 7.22. The molecule has 0 radical (unpaired) electrons. The number of nitrogens with two attached hydrogens (primary N) is 1. The SMILES string of the molecule is CCOC(=O)O/N=C(\N)c1cc(C)c(OCCCc2cc(C)no2)c(C)c1. The van der Waals surface area contributed by atoms with Crippen molar-refractivity contribution in [3.05, 3.63) is 46.3 Å². The molecule has 1 aromatic heterocycles. The molecule has 1 heterocycles. The summed E-state index contributed by atoms with van der Waals surface area (Å²) in [7, 11) is 0. The molecule has 0 fully saturated rings. The summed E-state index contributed by atoms with van der Waals surface area (Å²) >= 11 is 0. The molecule has 2 aromatic rings. The first-order valence-electron chi connectivity index (χ1n) is 8.74. The highest BCUT2D eigenvalue weighted by Gasteiger charge is 2.11. The van der Waals surface area contributed by atoms with Gasteiger partial charge >= 0.3 is 6.16 Å². The second-order valence-corrected chi connectivity index (χ2v) is 6.08. The molecule has 0 spiro atoms. The molecule has 8 heteroatoms. The average molecular weight is 375 g/mol. The van der Waals surface area contributed by atoms with Gasteiger partial charge in [0, 0.05) is 18.1 Å². The highest BCUT2D eigenvalue weighted by Crippen LogP contribution is 2.25. The van der Waals surface area contributed by atoms with E-state index < -0.39 is 6.16 Å². The summed E-state index contributed by atoms with van der Waals surface area (Å²) in [4.78, 5) is 15.8. The van der Waals surface area contributed by atoms with Crippen LogP contribution in [0.3, 0.4) is 0 Å². The van der Waals surface area contributed by atoms with Crippen LogP contribution >= 0.6 is 0 Å². The molecule has 2 N–H and O–H groups in total. The van der Waals surface area contributed by atoms with E-state index >= 15 is 0 Å². The van der Waals surface area contributed by atoms with E-state index in [1.165, 1.54) is 0 Å². The van der Waals surface area contributed by atoms with Gasteiger partial charge in [0.05, 0.1) is 18.9 Å². The molecule has 1 aromatic carbocycles. The quantitative estimate of drug-likeness (QED) is 0.188. The van der Waals surface area contributed by atoms with Crippen molar-refractivity contribution >= 4 is 12.0 Å². The minimum atomic E-state index is -0.893. The molecule has 27 heavy (non-hydrogen) atoms. The molecule has 146 valence electrons. The standard InChI is InChI=1S/C19H25N3O5/c1-5-24-19(23)27-22-18(20)15-9-12(2)17(13(3)10-15)25-8-6-7-16-11-14(4)21-26-16/h9-11H,5-8H2,1-4H3,(H2,20,22). The molecule has 0 aliphatic carbocycles. The van der Waals surface area contributed by atoms with Crippen LogP contribution in [-0.2, 0) is 16.0 Å². The number of amidine groups is 1. The van der Waals surface area contributed by atoms with E-state index in [1.54, 1.807) is 6.92 Å². The van der Waals surface area contributed by atoms with Gasteiger partial charge < -0.3 is 19.7 Å². The molecular weight excluding hydrogens is 350 g/mol. The maximum atomic E-state index is 11.2. The molecule has 8 nitrogen and oxygen atoms in total. The normalized spacial score (nSPS) is 11.3. The van der Waals surface area contributed by atoms with Crippen molar-refractivity contribution < 1.29 is 23.6 Å². The van der Waals surface area contributed by atoms with E-state index in [0.717, 1.165) is 41.2 Å². The number of ether oxygens (including phenoxy) is 2. The van der Waals surface area contributed by atoms with E-state index in [2.05, 4.69) is 19.9 Å². The van der Waals surface area contributed by atoms with E-state index in [9.17, 15) is 4.79 Å². The Labute approximate surface area is 158 Å². The largest absolute Gasteiger partial charge is 0.535 e. The van der Waals surface area contributed by atoms with Gasteiger partial charge in [-0.25, -0.2) is 4.79 Å². The zero-order chi connectivity index (χ0) is 19.8. The second kappa shape index (κ2) is 9.61. The average Bonchev–Trinajstić information content (AvgIpc) is 3.03. The van der Waals surface area contributed by atoms with Gasteiger partial charge in [-0.2, -0.15) is 0 Å². The van der Waals surface area contributed by atoms with E-state index in [-0.39, 0.29) is 12.4 Å². The third-order valence-electron chi connectivity index (χ3n) is 3.73. The van der Waals surface area contributed by atoms with Crippen LogP contribution in [0.5, 0.6) is 5.75 Å². The summed E-state index contributed by atoms with van der Waals surface area (Å²) in [5.41, 5.74) is 9.21. The Balaban J connectivity index is 1.94. The number of carbonyl (C=O) groups is 1. The smallest absolute Gasteiger partial charge is 0.493 e. The maximum absolute atomic E-state index is 11.2. The number of hydrogen-bond acceptors (Lipinski definition) is 7. The summed E-state index contributed by atoms with van der Waals surface area (Å²) in [6.07, 6.45) is 0.685. The van der Waals surface area contributed by atoms with Crippen molar-refractivity contribution in [1.29, 1.82) is 0 Å². The monoisotopic (exact) mass is 375 g/mol. The fourth-order valence-electron chi connectivity index (χ4n) is 2.56. The number of carbonyl (C=O) groups excluding carboxylic acids is 1. The summed E-state index contributed by atoms with van der Waals surface area (Å²) in [5.74, 6) is 1.73.